The van der Waals surface area contributed by atoms with E-state index in [9.17, 15) is 4.79 Å². The minimum Gasteiger partial charge on any atom is -0.255 e. The van der Waals surface area contributed by atoms with Gasteiger partial charge >= 0.3 is 4.87 Å². The van der Waals surface area contributed by atoms with Crippen LogP contribution in [0.3, 0.4) is 0 Å². The van der Waals surface area contributed by atoms with Crippen LogP contribution < -0.4 is 4.87 Å². The van der Waals surface area contributed by atoms with Crippen molar-refractivity contribution in [3.05, 3.63) is 15.2 Å². The summed E-state index contributed by atoms with van der Waals surface area (Å²) in [4.78, 5) is 11.1. The fraction of sp³-hybridized carbons (Fsp3) is 0.667. The van der Waals surface area contributed by atoms with E-state index >= 15 is 0 Å². The van der Waals surface area contributed by atoms with Crippen molar-refractivity contribution in [3.8, 4) is 0 Å². The van der Waals surface area contributed by atoms with E-state index < -0.39 is 8.07 Å². The van der Waals surface area contributed by atoms with Gasteiger partial charge in [0.1, 0.15) is 5.51 Å². The zero-order chi connectivity index (χ0) is 8.48. The third kappa shape index (κ3) is 2.59. The maximum absolute atomic E-state index is 11.0. The lowest BCUT2D eigenvalue weighted by Gasteiger charge is -2.13. The van der Waals surface area contributed by atoms with Gasteiger partial charge in [-0.25, -0.2) is 4.68 Å². The molecule has 1 rings (SSSR count). The fourth-order valence-corrected chi connectivity index (χ4v) is 2.51. The first-order valence-corrected chi connectivity index (χ1v) is 8.08. The van der Waals surface area contributed by atoms with Gasteiger partial charge in [0, 0.05) is 6.17 Å². The van der Waals surface area contributed by atoms with Crippen molar-refractivity contribution in [2.75, 3.05) is 0 Å². The van der Waals surface area contributed by atoms with E-state index in [2.05, 4.69) is 24.7 Å². The molecule has 62 valence electrons. The van der Waals surface area contributed by atoms with Crippen LogP contribution >= 0.6 is 11.3 Å². The Hall–Kier alpha value is -0.423. The summed E-state index contributed by atoms with van der Waals surface area (Å²) in [5, 5.41) is 3.96. The molecular formula is C6H12N2OSSi. The molecule has 5 heteroatoms. The molecule has 1 aromatic rings. The van der Waals surface area contributed by atoms with Crippen LogP contribution in [0.25, 0.3) is 0 Å². The van der Waals surface area contributed by atoms with E-state index in [1.54, 1.807) is 10.2 Å². The molecule has 0 fully saturated rings. The SMILES string of the molecule is C[Si](C)(C)Cn1ncsc1=O. The third-order valence-corrected chi connectivity index (χ3v) is 3.04. The molecule has 3 nitrogen and oxygen atoms in total. The second-order valence-corrected chi connectivity index (χ2v) is 9.96. The third-order valence-electron chi connectivity index (χ3n) is 1.17. The second kappa shape index (κ2) is 2.90. The topological polar surface area (TPSA) is 34.9 Å². The standard InChI is InChI=1S/C6H12N2OSSi/c1-11(2,3)5-8-6(9)10-4-7-8/h4H,5H2,1-3H3. The largest absolute Gasteiger partial charge is 0.324 e. The van der Waals surface area contributed by atoms with E-state index in [4.69, 9.17) is 0 Å². The second-order valence-electron chi connectivity index (χ2n) is 3.72. The van der Waals surface area contributed by atoms with Gasteiger partial charge in [0.15, 0.2) is 0 Å². The fourth-order valence-electron chi connectivity index (χ4n) is 0.788. The van der Waals surface area contributed by atoms with Crippen LogP contribution in [0, 0.1) is 0 Å². The zero-order valence-electron chi connectivity index (χ0n) is 7.00. The first kappa shape index (κ1) is 8.67. The van der Waals surface area contributed by atoms with E-state index in [0.29, 0.717) is 0 Å². The van der Waals surface area contributed by atoms with Crippen molar-refractivity contribution in [1.82, 2.24) is 9.78 Å². The Labute approximate surface area is 70.7 Å². The summed E-state index contributed by atoms with van der Waals surface area (Å²) >= 11 is 1.16. The summed E-state index contributed by atoms with van der Waals surface area (Å²) in [7, 11) is -1.19. The molecule has 0 aliphatic carbocycles. The van der Waals surface area contributed by atoms with Crippen molar-refractivity contribution in [2.45, 2.75) is 25.8 Å². The highest BCUT2D eigenvalue weighted by Gasteiger charge is 2.15. The minimum absolute atomic E-state index is 0.0624. The van der Waals surface area contributed by atoms with Crippen LogP contribution in [0.1, 0.15) is 0 Å². The Kier molecular flexibility index (Phi) is 2.29. The summed E-state index contributed by atoms with van der Waals surface area (Å²) in [5.41, 5.74) is 1.60. The lowest BCUT2D eigenvalue weighted by atomic mass is 11.2. The van der Waals surface area contributed by atoms with Crippen LogP contribution in [0.5, 0.6) is 0 Å². The molecule has 0 N–H and O–H groups in total. The van der Waals surface area contributed by atoms with Gasteiger partial charge in [0.05, 0.1) is 8.07 Å². The van der Waals surface area contributed by atoms with Gasteiger partial charge < -0.3 is 0 Å². The van der Waals surface area contributed by atoms with Gasteiger partial charge in [0.25, 0.3) is 0 Å². The lowest BCUT2D eigenvalue weighted by molar-refractivity contribution is 0.702. The number of hydrogen-bond donors (Lipinski definition) is 0. The van der Waals surface area contributed by atoms with E-state index in [1.807, 2.05) is 0 Å². The van der Waals surface area contributed by atoms with E-state index in [0.717, 1.165) is 17.5 Å². The quantitative estimate of drug-likeness (QED) is 0.653. The van der Waals surface area contributed by atoms with Crippen LogP contribution in [0.4, 0.5) is 0 Å². The van der Waals surface area contributed by atoms with Crippen molar-refractivity contribution >= 4 is 19.4 Å². The van der Waals surface area contributed by atoms with Crippen molar-refractivity contribution in [2.24, 2.45) is 0 Å². The van der Waals surface area contributed by atoms with Crippen molar-refractivity contribution < 1.29 is 0 Å². The zero-order valence-corrected chi connectivity index (χ0v) is 8.81. The lowest BCUT2D eigenvalue weighted by Crippen LogP contribution is -2.32. The molecule has 1 aromatic heterocycles. The predicted molar refractivity (Wildman–Crippen MR) is 49.7 cm³/mol. The molecule has 0 spiro atoms. The van der Waals surface area contributed by atoms with Gasteiger partial charge in [0.2, 0.25) is 0 Å². The summed E-state index contributed by atoms with van der Waals surface area (Å²) in [6.45, 7) is 6.66. The van der Waals surface area contributed by atoms with Gasteiger partial charge in [-0.05, 0) is 0 Å². The molecule has 0 amide bonds. The molecule has 0 saturated carbocycles. The highest BCUT2D eigenvalue weighted by atomic mass is 32.1. The molecule has 0 bridgehead atoms. The summed E-state index contributed by atoms with van der Waals surface area (Å²) in [5.74, 6) is 0. The van der Waals surface area contributed by atoms with Crippen molar-refractivity contribution in [1.29, 1.82) is 0 Å². The Bertz CT molecular complexity index is 285. The first-order valence-electron chi connectivity index (χ1n) is 3.50. The highest BCUT2D eigenvalue weighted by Crippen LogP contribution is 2.01. The van der Waals surface area contributed by atoms with E-state index in [1.165, 1.54) is 0 Å². The predicted octanol–water partition coefficient (Wildman–Crippen LogP) is 1.18. The first-order chi connectivity index (χ1) is 4.99. The number of nitrogens with zero attached hydrogens (tertiary/aromatic N) is 2. The normalized spacial score (nSPS) is 11.9. The molecule has 0 aliphatic heterocycles. The van der Waals surface area contributed by atoms with Crippen LogP contribution in [0.15, 0.2) is 10.3 Å². The number of aromatic nitrogens is 2. The maximum atomic E-state index is 11.0. The average molecular weight is 188 g/mol. The van der Waals surface area contributed by atoms with E-state index in [-0.39, 0.29) is 4.87 Å². The molecule has 0 saturated heterocycles. The Morgan fingerprint density at radius 2 is 2.27 bits per heavy atom. The molecule has 0 radical (unpaired) electrons. The summed E-state index contributed by atoms with van der Waals surface area (Å²) in [6.07, 6.45) is 0.829. The van der Waals surface area contributed by atoms with Gasteiger partial charge in [-0.1, -0.05) is 31.0 Å². The van der Waals surface area contributed by atoms with Crippen molar-refractivity contribution in [3.63, 3.8) is 0 Å². The molecule has 0 unspecified atom stereocenters. The average Bonchev–Trinajstić information content (AvgIpc) is 2.12. The maximum Gasteiger partial charge on any atom is 0.324 e. The summed E-state index contributed by atoms with van der Waals surface area (Å²) in [6, 6.07) is 0. The van der Waals surface area contributed by atoms with Crippen LogP contribution in [-0.2, 0) is 6.17 Å². The Morgan fingerprint density at radius 3 is 2.64 bits per heavy atom. The molecule has 0 aliphatic rings. The molecule has 0 aromatic carbocycles. The van der Waals surface area contributed by atoms with Crippen LogP contribution in [-0.4, -0.2) is 17.9 Å². The minimum atomic E-state index is -1.19. The molecular weight excluding hydrogens is 176 g/mol. The highest BCUT2D eigenvalue weighted by molar-refractivity contribution is 7.06. The molecule has 0 atom stereocenters. The molecule has 11 heavy (non-hydrogen) atoms. The monoisotopic (exact) mass is 188 g/mol. The Balaban J connectivity index is 2.80. The van der Waals surface area contributed by atoms with Crippen LogP contribution in [0.2, 0.25) is 19.6 Å². The molecule has 1 heterocycles. The summed E-state index contributed by atoms with van der Waals surface area (Å²) < 4.78 is 1.57. The van der Waals surface area contributed by atoms with Gasteiger partial charge in [-0.3, -0.25) is 4.79 Å². The number of rotatable bonds is 2. The smallest absolute Gasteiger partial charge is 0.255 e. The number of hydrogen-bond acceptors (Lipinski definition) is 3. The van der Waals surface area contributed by atoms with Gasteiger partial charge in [-0.2, -0.15) is 5.10 Å². The Morgan fingerprint density at radius 1 is 1.64 bits per heavy atom. The van der Waals surface area contributed by atoms with Gasteiger partial charge in [-0.15, -0.1) is 0 Å².